The molecule has 2 aliphatic rings. The Bertz CT molecular complexity index is 6990. The van der Waals surface area contributed by atoms with Gasteiger partial charge in [0.05, 0.1) is 29.3 Å². The first-order valence-corrected chi connectivity index (χ1v) is 47.9. The van der Waals surface area contributed by atoms with Crippen LogP contribution in [0.15, 0.2) is 243 Å². The van der Waals surface area contributed by atoms with E-state index in [9.17, 15) is 5.48 Å². The molecule has 130 heavy (non-hydrogen) atoms. The summed E-state index contributed by atoms with van der Waals surface area (Å²) in [5, 5.41) is 2.41. The standard InChI is InChI=1S/C126H148BN3/c1-115(2,3)83-47-42-78(43-48-83)95-71-91(123(25,26)27)73-100(94-56-51-88(120(16,17)18)75-103(94)126(34,35)36)113(95)129-108-64-80(77-40-38-37-39-41-77)46-58-104(108)127-105-59-55-93(128-106-60-53-86(118(10,11)12)69-98(106)99-70-87(119(13,14)15)54-61-107(99)128)76-109(105)130(111-66-82(65-110(129)112(111)127)81-62-89(121(19,20)21)67-90(63-81)122(22,23)24)114-96(79-44-49-84(50-45-79)116(4,5)6)72-92(124(28,29)30)74-101(114)97-68-85(117(7,8)9)52-57-102(97)125(31,32)33/h37-76H,1-36H3/i37D,38D,39D,40D,41D. The quantitative estimate of drug-likeness (QED) is 0.133. The third kappa shape index (κ3) is 17.3. The van der Waals surface area contributed by atoms with Gasteiger partial charge in [0, 0.05) is 61.5 Å². The molecule has 0 bridgehead atoms. The van der Waals surface area contributed by atoms with Crippen molar-refractivity contribution in [3.8, 4) is 72.4 Å². The van der Waals surface area contributed by atoms with Gasteiger partial charge in [-0.05, 0) is 272 Å². The minimum Gasteiger partial charge on any atom is -0.310 e. The molecule has 0 N–H and O–H groups in total. The Balaban J connectivity index is 1.22. The molecule has 0 radical (unpaired) electrons. The second-order valence-electron chi connectivity index (χ2n) is 50.7. The summed E-state index contributed by atoms with van der Waals surface area (Å²) in [5.41, 5.74) is 35.5. The number of anilines is 6. The van der Waals surface area contributed by atoms with Crippen LogP contribution in [-0.2, 0) is 65.0 Å². The van der Waals surface area contributed by atoms with Crippen LogP contribution in [-0.4, -0.2) is 11.3 Å². The van der Waals surface area contributed by atoms with Gasteiger partial charge in [-0.15, -0.1) is 0 Å². The van der Waals surface area contributed by atoms with E-state index in [1.165, 1.54) is 83.1 Å². The van der Waals surface area contributed by atoms with Crippen molar-refractivity contribution in [1.82, 2.24) is 4.57 Å². The highest BCUT2D eigenvalue weighted by Gasteiger charge is 2.48. The summed E-state index contributed by atoms with van der Waals surface area (Å²) in [4.78, 5) is 5.39. The Morgan fingerprint density at radius 2 is 0.546 bits per heavy atom. The number of nitrogens with zero attached hydrogens (tertiary/aromatic N) is 3. The van der Waals surface area contributed by atoms with Crippen molar-refractivity contribution < 1.29 is 6.85 Å². The summed E-state index contributed by atoms with van der Waals surface area (Å²) in [5.74, 6) is 0. The number of aromatic nitrogens is 1. The van der Waals surface area contributed by atoms with E-state index in [4.69, 9.17) is 1.37 Å². The Labute approximate surface area is 791 Å². The fraction of sp³-hybridized carbons (Fsp3) is 0.381. The predicted octanol–water partition coefficient (Wildman–Crippen LogP) is 34.4. The maximum absolute atomic E-state index is 10.1. The molecule has 13 aromatic carbocycles. The first kappa shape index (κ1) is 86.1. The second kappa shape index (κ2) is 31.5. The third-order valence-corrected chi connectivity index (χ3v) is 28.1. The van der Waals surface area contributed by atoms with Crippen LogP contribution in [0.25, 0.3) is 94.3 Å². The molecule has 2 aliphatic heterocycles. The van der Waals surface area contributed by atoms with Crippen LogP contribution in [0, 0.1) is 0 Å². The van der Waals surface area contributed by atoms with Crippen molar-refractivity contribution in [2.75, 3.05) is 9.80 Å². The van der Waals surface area contributed by atoms with Crippen LogP contribution in [0.1, 0.15) is 323 Å². The van der Waals surface area contributed by atoms with Crippen molar-refractivity contribution in [2.24, 2.45) is 0 Å². The van der Waals surface area contributed by atoms with Gasteiger partial charge in [0.1, 0.15) is 0 Å². The van der Waals surface area contributed by atoms with E-state index in [0.717, 1.165) is 117 Å². The van der Waals surface area contributed by atoms with Crippen molar-refractivity contribution in [1.29, 1.82) is 0 Å². The van der Waals surface area contributed by atoms with Crippen molar-refractivity contribution >= 4 is 79.0 Å². The summed E-state index contributed by atoms with van der Waals surface area (Å²) in [6.45, 7) is 83.9. The monoisotopic (exact) mass is 1720 g/mol. The maximum Gasteiger partial charge on any atom is 0.252 e. The van der Waals surface area contributed by atoms with E-state index in [2.05, 4.69) is 476 Å². The van der Waals surface area contributed by atoms with Gasteiger partial charge in [-0.3, -0.25) is 0 Å². The second-order valence-corrected chi connectivity index (χ2v) is 50.7. The molecule has 0 spiro atoms. The summed E-state index contributed by atoms with van der Waals surface area (Å²) in [6, 6.07) is 82.9. The number of fused-ring (bicyclic) bond motifs is 7. The van der Waals surface area contributed by atoms with Gasteiger partial charge in [0.15, 0.2) is 0 Å². The molecule has 0 saturated heterocycles. The van der Waals surface area contributed by atoms with Crippen molar-refractivity contribution in [2.45, 2.75) is 314 Å². The average Bonchev–Trinajstić information content (AvgIpc) is 0.698. The molecule has 0 aliphatic carbocycles. The highest BCUT2D eigenvalue weighted by Crippen LogP contribution is 2.59. The van der Waals surface area contributed by atoms with E-state index < -0.39 is 18.2 Å². The van der Waals surface area contributed by atoms with Crippen LogP contribution in [0.4, 0.5) is 34.1 Å². The van der Waals surface area contributed by atoms with Gasteiger partial charge < -0.3 is 14.4 Å². The Morgan fingerprint density at radius 1 is 0.215 bits per heavy atom. The zero-order valence-electron chi connectivity index (χ0n) is 90.6. The van der Waals surface area contributed by atoms with Gasteiger partial charge in [-0.1, -0.05) is 413 Å². The zero-order chi connectivity index (χ0) is 98.9. The molecule has 4 heteroatoms. The molecule has 0 atom stereocenters. The molecular weight excluding hydrogens is 1570 g/mol. The molecule has 0 fully saturated rings. The van der Waals surface area contributed by atoms with Gasteiger partial charge >= 0.3 is 0 Å². The largest absolute Gasteiger partial charge is 0.310 e. The molecule has 0 saturated carbocycles. The van der Waals surface area contributed by atoms with Gasteiger partial charge in [0.2, 0.25) is 0 Å². The van der Waals surface area contributed by atoms with E-state index in [1.807, 2.05) is 0 Å². The lowest BCUT2D eigenvalue weighted by Gasteiger charge is -2.46. The molecule has 16 rings (SSSR count). The molecule has 0 amide bonds. The first-order valence-electron chi connectivity index (χ1n) is 50.4. The normalized spacial score (nSPS) is 14.5. The third-order valence-electron chi connectivity index (χ3n) is 28.1. The van der Waals surface area contributed by atoms with Crippen LogP contribution in [0.2, 0.25) is 0 Å². The van der Waals surface area contributed by atoms with Gasteiger partial charge in [-0.25, -0.2) is 0 Å². The summed E-state index contributed by atoms with van der Waals surface area (Å²) < 4.78 is 50.9. The predicted molar refractivity (Wildman–Crippen MR) is 572 cm³/mol. The Kier molecular flexibility index (Phi) is 20.9. The smallest absolute Gasteiger partial charge is 0.252 e. The number of benzene rings is 13. The van der Waals surface area contributed by atoms with E-state index in [1.54, 1.807) is 0 Å². The SMILES string of the molecule is [2H]c1c([2H])c([2H])c(-c2ccc3c(c2)N(c2c(-c4ccc(C(C)(C)C)cc4)cc(C(C)(C)C)cc2-c2ccc(C(C)(C)C)cc2C(C)(C)C)c2cc(-c4cc(C(C)(C)C)cc(C(C)(C)C)c4)cc4c2B3c2ccc(-n3c5ccc(C(C)(C)C)cc5c5cc(C(C)(C)C)ccc53)cc2N4c2c(-c3ccc(C(C)(C)C)cc3)cc(C(C)(C)C)cc2-c2cc(C(C)(C)C)ccc2C(C)(C)C)c([2H])c1[2H]. The van der Waals surface area contributed by atoms with Crippen molar-refractivity contribution in [3.63, 3.8) is 0 Å². The Hall–Kier alpha value is -10.7. The number of rotatable bonds is 9. The highest BCUT2D eigenvalue weighted by atomic mass is 15.2. The number of hydrogen-bond donors (Lipinski definition) is 0. The van der Waals surface area contributed by atoms with Crippen molar-refractivity contribution in [3.05, 3.63) is 309 Å². The van der Waals surface area contributed by atoms with Gasteiger partial charge in [0.25, 0.3) is 6.71 Å². The summed E-state index contributed by atoms with van der Waals surface area (Å²) in [6.07, 6.45) is 0. The van der Waals surface area contributed by atoms with E-state index in [-0.39, 0.29) is 89.3 Å². The molecule has 0 unspecified atom stereocenters. The molecule has 14 aromatic rings. The number of hydrogen-bond acceptors (Lipinski definition) is 2. The molecule has 670 valence electrons. The molecule has 3 nitrogen and oxygen atoms in total. The van der Waals surface area contributed by atoms with E-state index in [0.29, 0.717) is 5.56 Å². The summed E-state index contributed by atoms with van der Waals surface area (Å²) in [7, 11) is 0. The van der Waals surface area contributed by atoms with E-state index >= 15 is 0 Å². The van der Waals surface area contributed by atoms with Crippen LogP contribution < -0.4 is 26.2 Å². The van der Waals surface area contributed by atoms with Gasteiger partial charge in [-0.2, -0.15) is 0 Å². The molecule has 3 heterocycles. The fourth-order valence-electron chi connectivity index (χ4n) is 19.7. The minimum atomic E-state index is -0.526. The first-order chi connectivity index (χ1) is 62.1. The van der Waals surface area contributed by atoms with Crippen LogP contribution in [0.3, 0.4) is 0 Å². The summed E-state index contributed by atoms with van der Waals surface area (Å²) >= 11 is 0. The lowest BCUT2D eigenvalue weighted by molar-refractivity contribution is 0.568. The topological polar surface area (TPSA) is 11.4 Å². The zero-order valence-corrected chi connectivity index (χ0v) is 85.6. The average molecular weight is 1720 g/mol. The fourth-order valence-corrected chi connectivity index (χ4v) is 19.7. The lowest BCUT2D eigenvalue weighted by atomic mass is 9.33. The highest BCUT2D eigenvalue weighted by molar-refractivity contribution is 7.00. The van der Waals surface area contributed by atoms with Crippen LogP contribution in [0.5, 0.6) is 0 Å². The maximum atomic E-state index is 10.1. The Morgan fingerprint density at radius 3 is 0.969 bits per heavy atom. The molecular formula is C126H148BN3. The minimum absolute atomic E-state index is 0.139. The van der Waals surface area contributed by atoms with Crippen LogP contribution >= 0.6 is 0 Å². The lowest BCUT2D eigenvalue weighted by Crippen LogP contribution is -2.61. The molecule has 1 aromatic heterocycles.